The Balaban J connectivity index is 1.82. The van der Waals surface area contributed by atoms with Crippen LogP contribution < -0.4 is 9.47 Å². The molecule has 2 aromatic heterocycles. The summed E-state index contributed by atoms with van der Waals surface area (Å²) in [7, 11) is 1.53. The minimum absolute atomic E-state index is 0.383. The van der Waals surface area contributed by atoms with Gasteiger partial charge in [0.25, 0.3) is 0 Å². The molecule has 0 radical (unpaired) electrons. The molecule has 0 saturated carbocycles. The number of imidazole rings is 1. The minimum Gasteiger partial charge on any atom is -0.496 e. The van der Waals surface area contributed by atoms with E-state index in [2.05, 4.69) is 4.98 Å². The van der Waals surface area contributed by atoms with Crippen LogP contribution in [0.4, 0.5) is 0 Å². The molecule has 2 heterocycles. The van der Waals surface area contributed by atoms with Gasteiger partial charge in [-0.05, 0) is 31.2 Å². The zero-order valence-corrected chi connectivity index (χ0v) is 14.0. The lowest BCUT2D eigenvalue weighted by Gasteiger charge is -2.08. The molecular formula is C18H14N2O3S. The lowest BCUT2D eigenvalue weighted by Crippen LogP contribution is -2.11. The highest BCUT2D eigenvalue weighted by Crippen LogP contribution is 2.33. The number of benzene rings is 2. The Bertz CT molecular complexity index is 1060. The third kappa shape index (κ3) is 2.23. The van der Waals surface area contributed by atoms with Crippen LogP contribution in [0.25, 0.3) is 15.2 Å². The van der Waals surface area contributed by atoms with E-state index in [0.717, 1.165) is 15.2 Å². The molecule has 4 rings (SSSR count). The van der Waals surface area contributed by atoms with Gasteiger partial charge in [0.2, 0.25) is 5.88 Å². The molecule has 2 aromatic carbocycles. The number of thiazole rings is 1. The quantitative estimate of drug-likeness (QED) is 0.528. The lowest BCUT2D eigenvalue weighted by molar-refractivity contribution is 0.0722. The predicted octanol–water partition coefficient (Wildman–Crippen LogP) is 4.09. The highest BCUT2D eigenvalue weighted by molar-refractivity contribution is 7.23. The fourth-order valence-electron chi connectivity index (χ4n) is 2.67. The van der Waals surface area contributed by atoms with Gasteiger partial charge in [-0.1, -0.05) is 35.6 Å². The van der Waals surface area contributed by atoms with Crippen LogP contribution in [0.1, 0.15) is 16.1 Å². The molecule has 0 aliphatic rings. The first kappa shape index (κ1) is 14.7. The van der Waals surface area contributed by atoms with Gasteiger partial charge < -0.3 is 9.47 Å². The number of rotatable bonds is 3. The molecule has 0 aliphatic heterocycles. The van der Waals surface area contributed by atoms with Gasteiger partial charge in [0.1, 0.15) is 17.0 Å². The average molecular weight is 338 g/mol. The van der Waals surface area contributed by atoms with E-state index in [1.54, 1.807) is 29.5 Å². The van der Waals surface area contributed by atoms with Crippen LogP contribution in [-0.4, -0.2) is 22.5 Å². The van der Waals surface area contributed by atoms with Gasteiger partial charge in [-0.15, -0.1) is 0 Å². The van der Waals surface area contributed by atoms with E-state index in [0.29, 0.717) is 22.9 Å². The van der Waals surface area contributed by atoms with E-state index in [1.165, 1.54) is 7.11 Å². The van der Waals surface area contributed by atoms with Crippen molar-refractivity contribution in [2.24, 2.45) is 0 Å². The van der Waals surface area contributed by atoms with Crippen LogP contribution >= 0.6 is 11.3 Å². The molecule has 5 nitrogen and oxygen atoms in total. The Labute approximate surface area is 142 Å². The summed E-state index contributed by atoms with van der Waals surface area (Å²) in [5.41, 5.74) is 2.03. The Kier molecular flexibility index (Phi) is 3.46. The number of nitrogens with zero attached hydrogens (tertiary/aromatic N) is 2. The van der Waals surface area contributed by atoms with Crippen molar-refractivity contribution in [2.75, 3.05) is 7.11 Å². The topological polar surface area (TPSA) is 52.8 Å². The maximum absolute atomic E-state index is 12.6. The number of fused-ring (bicyclic) bond motifs is 3. The molecule has 0 aliphatic carbocycles. The fourth-order valence-corrected chi connectivity index (χ4v) is 3.74. The van der Waals surface area contributed by atoms with Gasteiger partial charge in [0.15, 0.2) is 4.96 Å². The van der Waals surface area contributed by atoms with Crippen molar-refractivity contribution in [3.05, 3.63) is 59.8 Å². The normalized spacial score (nSPS) is 11.1. The maximum Gasteiger partial charge on any atom is 0.348 e. The molecule has 0 amide bonds. The zero-order chi connectivity index (χ0) is 16.7. The number of para-hydroxylation sites is 2. The van der Waals surface area contributed by atoms with Crippen molar-refractivity contribution >= 4 is 32.5 Å². The second-order valence-corrected chi connectivity index (χ2v) is 6.29. The largest absolute Gasteiger partial charge is 0.496 e. The number of carbonyl (C=O) groups is 1. The number of esters is 1. The Hall–Kier alpha value is -2.86. The summed E-state index contributed by atoms with van der Waals surface area (Å²) in [4.78, 5) is 17.9. The van der Waals surface area contributed by atoms with E-state index in [1.807, 2.05) is 41.7 Å². The van der Waals surface area contributed by atoms with Crippen LogP contribution in [0.15, 0.2) is 48.5 Å². The first-order valence-electron chi connectivity index (χ1n) is 7.41. The summed E-state index contributed by atoms with van der Waals surface area (Å²) < 4.78 is 13.9. The second-order valence-electron chi connectivity index (χ2n) is 5.28. The summed E-state index contributed by atoms with van der Waals surface area (Å²) >= 11 is 1.56. The molecule has 120 valence electrons. The van der Waals surface area contributed by atoms with Gasteiger partial charge in [0, 0.05) is 0 Å². The summed E-state index contributed by atoms with van der Waals surface area (Å²) in [6.45, 7) is 1.83. The first-order valence-corrected chi connectivity index (χ1v) is 8.22. The van der Waals surface area contributed by atoms with Crippen molar-refractivity contribution in [2.45, 2.75) is 6.92 Å². The molecule has 0 N–H and O–H groups in total. The van der Waals surface area contributed by atoms with Crippen molar-refractivity contribution in [1.29, 1.82) is 0 Å². The fraction of sp³-hybridized carbons (Fsp3) is 0.111. The molecule has 0 saturated heterocycles. The predicted molar refractivity (Wildman–Crippen MR) is 93.3 cm³/mol. The maximum atomic E-state index is 12.6. The number of carbonyl (C=O) groups excluding carboxylic acids is 1. The van der Waals surface area contributed by atoms with Crippen molar-refractivity contribution in [1.82, 2.24) is 9.38 Å². The van der Waals surface area contributed by atoms with E-state index >= 15 is 0 Å². The van der Waals surface area contributed by atoms with Crippen LogP contribution in [-0.2, 0) is 0 Å². The van der Waals surface area contributed by atoms with Gasteiger partial charge >= 0.3 is 5.97 Å². The van der Waals surface area contributed by atoms with Crippen LogP contribution in [0.2, 0.25) is 0 Å². The van der Waals surface area contributed by atoms with Crippen LogP contribution in [0.5, 0.6) is 11.6 Å². The van der Waals surface area contributed by atoms with Crippen LogP contribution in [0.3, 0.4) is 0 Å². The first-order chi connectivity index (χ1) is 11.7. The number of aromatic nitrogens is 2. The number of hydrogen-bond donors (Lipinski definition) is 0. The monoisotopic (exact) mass is 338 g/mol. The van der Waals surface area contributed by atoms with E-state index < -0.39 is 5.97 Å². The lowest BCUT2D eigenvalue weighted by atomic mass is 10.2. The molecule has 4 aromatic rings. The zero-order valence-electron chi connectivity index (χ0n) is 13.1. The van der Waals surface area contributed by atoms with Gasteiger partial charge in [-0.3, -0.25) is 4.40 Å². The second kappa shape index (κ2) is 5.65. The van der Waals surface area contributed by atoms with Gasteiger partial charge in [0.05, 0.1) is 17.3 Å². The summed E-state index contributed by atoms with van der Waals surface area (Å²) in [5, 5.41) is 0. The summed E-state index contributed by atoms with van der Waals surface area (Å²) in [6.07, 6.45) is 0. The third-order valence-corrected chi connectivity index (χ3v) is 4.81. The average Bonchev–Trinajstić information content (AvgIpc) is 3.10. The van der Waals surface area contributed by atoms with Crippen molar-refractivity contribution in [3.63, 3.8) is 0 Å². The number of methoxy groups -OCH3 is 1. The molecular weight excluding hydrogens is 324 g/mol. The summed E-state index contributed by atoms with van der Waals surface area (Å²) in [6, 6.07) is 14.9. The van der Waals surface area contributed by atoms with Crippen LogP contribution in [0, 0.1) is 6.92 Å². The van der Waals surface area contributed by atoms with Crippen molar-refractivity contribution < 1.29 is 14.3 Å². The standard InChI is InChI=1S/C18H14N2O3S/c1-11-16(23-17(21)12-7-3-5-9-14(12)22-2)20-13-8-4-6-10-15(13)24-18(20)19-11/h3-10H,1-2H3. The smallest absolute Gasteiger partial charge is 0.348 e. The molecule has 0 bridgehead atoms. The minimum atomic E-state index is -0.465. The highest BCUT2D eigenvalue weighted by Gasteiger charge is 2.21. The molecule has 6 heteroatoms. The highest BCUT2D eigenvalue weighted by atomic mass is 32.1. The van der Waals surface area contributed by atoms with E-state index in [9.17, 15) is 4.79 Å². The van der Waals surface area contributed by atoms with E-state index in [-0.39, 0.29) is 0 Å². The molecule has 24 heavy (non-hydrogen) atoms. The van der Waals surface area contributed by atoms with Crippen molar-refractivity contribution in [3.8, 4) is 11.6 Å². The third-order valence-electron chi connectivity index (χ3n) is 3.79. The molecule has 0 atom stereocenters. The molecule has 0 fully saturated rings. The number of ether oxygens (including phenoxy) is 2. The molecule has 0 unspecified atom stereocenters. The van der Waals surface area contributed by atoms with Gasteiger partial charge in [-0.25, -0.2) is 9.78 Å². The number of aryl methyl sites for hydroxylation is 1. The SMILES string of the molecule is COc1ccccc1C(=O)Oc1c(C)nc2sc3ccccc3n12. The molecule has 0 spiro atoms. The Morgan fingerprint density at radius 1 is 1.12 bits per heavy atom. The van der Waals surface area contributed by atoms with Gasteiger partial charge in [-0.2, -0.15) is 0 Å². The number of hydrogen-bond acceptors (Lipinski definition) is 5. The summed E-state index contributed by atoms with van der Waals surface area (Å²) in [5.74, 6) is 0.460. The Morgan fingerprint density at radius 2 is 1.88 bits per heavy atom. The van der Waals surface area contributed by atoms with E-state index in [4.69, 9.17) is 9.47 Å². The Morgan fingerprint density at radius 3 is 2.71 bits per heavy atom.